The highest BCUT2D eigenvalue weighted by Crippen LogP contribution is 2.26. The lowest BCUT2D eigenvalue weighted by molar-refractivity contribution is 0.0402. The normalized spacial score (nSPS) is 29.8. The standard InChI is InChI=1S/C11H23NO2/c1-9-4-12(5-10(9)2)6-11(3,7-13)8-14/h9-10,13-14H,4-8H2,1-3H3. The summed E-state index contributed by atoms with van der Waals surface area (Å²) in [7, 11) is 0. The van der Waals surface area contributed by atoms with E-state index in [-0.39, 0.29) is 18.6 Å². The molecule has 2 N–H and O–H groups in total. The van der Waals surface area contributed by atoms with Gasteiger partial charge in [0.2, 0.25) is 0 Å². The Balaban J connectivity index is 2.45. The van der Waals surface area contributed by atoms with Gasteiger partial charge in [-0.2, -0.15) is 0 Å². The molecule has 0 aromatic rings. The largest absolute Gasteiger partial charge is 0.396 e. The van der Waals surface area contributed by atoms with E-state index in [1.54, 1.807) is 0 Å². The van der Waals surface area contributed by atoms with Gasteiger partial charge in [-0.3, -0.25) is 0 Å². The molecule has 0 radical (unpaired) electrons. The minimum Gasteiger partial charge on any atom is -0.396 e. The Hall–Kier alpha value is -0.120. The number of aliphatic hydroxyl groups excluding tert-OH is 2. The van der Waals surface area contributed by atoms with Crippen LogP contribution in [0.5, 0.6) is 0 Å². The monoisotopic (exact) mass is 201 g/mol. The third-order valence-corrected chi connectivity index (χ3v) is 3.43. The summed E-state index contributed by atoms with van der Waals surface area (Å²) in [5, 5.41) is 18.4. The first-order chi connectivity index (χ1) is 6.50. The fourth-order valence-corrected chi connectivity index (χ4v) is 2.07. The molecule has 1 aliphatic rings. The molecular formula is C11H23NO2. The van der Waals surface area contributed by atoms with Gasteiger partial charge in [0, 0.05) is 25.0 Å². The molecule has 1 rings (SSSR count). The van der Waals surface area contributed by atoms with Gasteiger partial charge in [-0.05, 0) is 11.8 Å². The quantitative estimate of drug-likeness (QED) is 0.698. The van der Waals surface area contributed by atoms with Crippen molar-refractivity contribution >= 4 is 0 Å². The molecule has 14 heavy (non-hydrogen) atoms. The number of hydrogen-bond acceptors (Lipinski definition) is 3. The Morgan fingerprint density at radius 3 is 1.93 bits per heavy atom. The van der Waals surface area contributed by atoms with Crippen molar-refractivity contribution in [1.29, 1.82) is 0 Å². The van der Waals surface area contributed by atoms with E-state index in [1.807, 2.05) is 6.92 Å². The van der Waals surface area contributed by atoms with Crippen molar-refractivity contribution < 1.29 is 10.2 Å². The van der Waals surface area contributed by atoms with Gasteiger partial charge in [0.25, 0.3) is 0 Å². The Morgan fingerprint density at radius 1 is 1.14 bits per heavy atom. The summed E-state index contributed by atoms with van der Waals surface area (Å²) in [5.41, 5.74) is -0.343. The smallest absolute Gasteiger partial charge is 0.0519 e. The van der Waals surface area contributed by atoms with Crippen molar-refractivity contribution in [3.63, 3.8) is 0 Å². The third-order valence-electron chi connectivity index (χ3n) is 3.43. The summed E-state index contributed by atoms with van der Waals surface area (Å²) < 4.78 is 0. The number of likely N-dealkylation sites (tertiary alicyclic amines) is 1. The summed E-state index contributed by atoms with van der Waals surface area (Å²) in [6.45, 7) is 9.56. The van der Waals surface area contributed by atoms with Crippen molar-refractivity contribution in [3.8, 4) is 0 Å². The van der Waals surface area contributed by atoms with E-state index in [4.69, 9.17) is 0 Å². The van der Waals surface area contributed by atoms with Gasteiger partial charge in [0.15, 0.2) is 0 Å². The van der Waals surface area contributed by atoms with Crippen LogP contribution in [0.1, 0.15) is 20.8 Å². The molecule has 3 nitrogen and oxygen atoms in total. The lowest BCUT2D eigenvalue weighted by atomic mass is 9.92. The van der Waals surface area contributed by atoms with Crippen LogP contribution in [-0.2, 0) is 0 Å². The molecular weight excluding hydrogens is 178 g/mol. The van der Waals surface area contributed by atoms with E-state index in [0.717, 1.165) is 31.5 Å². The van der Waals surface area contributed by atoms with Crippen molar-refractivity contribution in [1.82, 2.24) is 4.90 Å². The molecule has 2 atom stereocenters. The van der Waals surface area contributed by atoms with Gasteiger partial charge >= 0.3 is 0 Å². The zero-order valence-electron chi connectivity index (χ0n) is 9.53. The average Bonchev–Trinajstić information content (AvgIpc) is 2.45. The first-order valence-corrected chi connectivity index (χ1v) is 5.45. The topological polar surface area (TPSA) is 43.7 Å². The summed E-state index contributed by atoms with van der Waals surface area (Å²) in [6.07, 6.45) is 0. The van der Waals surface area contributed by atoms with Gasteiger partial charge in [0.05, 0.1) is 13.2 Å². The van der Waals surface area contributed by atoms with Crippen LogP contribution in [0.15, 0.2) is 0 Å². The first-order valence-electron chi connectivity index (χ1n) is 5.45. The maximum Gasteiger partial charge on any atom is 0.0519 e. The van der Waals surface area contributed by atoms with E-state index in [2.05, 4.69) is 18.7 Å². The first kappa shape index (κ1) is 12.0. The molecule has 1 aliphatic heterocycles. The number of nitrogens with zero attached hydrogens (tertiary/aromatic N) is 1. The number of aliphatic hydroxyl groups is 2. The molecule has 1 heterocycles. The molecule has 0 aliphatic carbocycles. The molecule has 0 aromatic heterocycles. The molecule has 0 amide bonds. The molecule has 0 aromatic carbocycles. The molecule has 0 spiro atoms. The fraction of sp³-hybridized carbons (Fsp3) is 1.00. The molecule has 1 saturated heterocycles. The highest BCUT2D eigenvalue weighted by Gasteiger charge is 2.32. The second kappa shape index (κ2) is 4.60. The average molecular weight is 201 g/mol. The zero-order valence-corrected chi connectivity index (χ0v) is 9.53. The molecule has 1 fully saturated rings. The van der Waals surface area contributed by atoms with Gasteiger partial charge in [-0.15, -0.1) is 0 Å². The summed E-state index contributed by atoms with van der Waals surface area (Å²) >= 11 is 0. The summed E-state index contributed by atoms with van der Waals surface area (Å²) in [4.78, 5) is 2.35. The minimum absolute atomic E-state index is 0.0583. The van der Waals surface area contributed by atoms with Crippen molar-refractivity contribution in [2.24, 2.45) is 17.3 Å². The SMILES string of the molecule is CC1CN(CC(C)(CO)CO)CC1C. The second-order valence-corrected chi connectivity index (χ2v) is 5.28. The number of rotatable bonds is 4. The number of hydrogen-bond donors (Lipinski definition) is 2. The van der Waals surface area contributed by atoms with E-state index in [0.29, 0.717) is 0 Å². The molecule has 0 bridgehead atoms. The van der Waals surface area contributed by atoms with Crippen LogP contribution >= 0.6 is 0 Å². The van der Waals surface area contributed by atoms with E-state index in [1.165, 1.54) is 0 Å². The predicted octanol–water partition coefficient (Wildman–Crippen LogP) is 0.565. The highest BCUT2D eigenvalue weighted by atomic mass is 16.3. The fourth-order valence-electron chi connectivity index (χ4n) is 2.07. The molecule has 3 heteroatoms. The lowest BCUT2D eigenvalue weighted by Crippen LogP contribution is -2.39. The van der Waals surface area contributed by atoms with Crippen LogP contribution in [0, 0.1) is 17.3 Å². The maximum atomic E-state index is 9.19. The Bertz CT molecular complexity index is 170. The van der Waals surface area contributed by atoms with Crippen LogP contribution in [0.2, 0.25) is 0 Å². The lowest BCUT2D eigenvalue weighted by Gasteiger charge is -2.30. The van der Waals surface area contributed by atoms with Gasteiger partial charge in [-0.25, -0.2) is 0 Å². The van der Waals surface area contributed by atoms with Crippen LogP contribution in [-0.4, -0.2) is 48.0 Å². The Morgan fingerprint density at radius 2 is 1.57 bits per heavy atom. The van der Waals surface area contributed by atoms with Crippen molar-refractivity contribution in [2.75, 3.05) is 32.8 Å². The van der Waals surface area contributed by atoms with Gasteiger partial charge < -0.3 is 15.1 Å². The van der Waals surface area contributed by atoms with E-state index < -0.39 is 0 Å². The minimum atomic E-state index is -0.343. The molecule has 84 valence electrons. The molecule has 2 unspecified atom stereocenters. The third kappa shape index (κ3) is 2.69. The molecule has 0 saturated carbocycles. The summed E-state index contributed by atoms with van der Waals surface area (Å²) in [5.74, 6) is 1.47. The predicted molar refractivity (Wildman–Crippen MR) is 57.0 cm³/mol. The van der Waals surface area contributed by atoms with Crippen LogP contribution < -0.4 is 0 Å². The second-order valence-electron chi connectivity index (χ2n) is 5.28. The van der Waals surface area contributed by atoms with Crippen LogP contribution in [0.3, 0.4) is 0 Å². The highest BCUT2D eigenvalue weighted by molar-refractivity contribution is 4.84. The summed E-state index contributed by atoms with van der Waals surface area (Å²) in [6, 6.07) is 0. The Kier molecular flexibility index (Phi) is 3.93. The Labute approximate surface area is 86.7 Å². The van der Waals surface area contributed by atoms with E-state index in [9.17, 15) is 10.2 Å². The van der Waals surface area contributed by atoms with Crippen LogP contribution in [0.25, 0.3) is 0 Å². The van der Waals surface area contributed by atoms with Crippen molar-refractivity contribution in [2.45, 2.75) is 20.8 Å². The van der Waals surface area contributed by atoms with Crippen molar-refractivity contribution in [3.05, 3.63) is 0 Å². The van der Waals surface area contributed by atoms with Gasteiger partial charge in [-0.1, -0.05) is 20.8 Å². The maximum absolute atomic E-state index is 9.19. The van der Waals surface area contributed by atoms with Gasteiger partial charge in [0.1, 0.15) is 0 Å². The zero-order chi connectivity index (χ0) is 10.8. The van der Waals surface area contributed by atoms with E-state index >= 15 is 0 Å². The van der Waals surface area contributed by atoms with Crippen LogP contribution in [0.4, 0.5) is 0 Å².